The van der Waals surface area contributed by atoms with E-state index < -0.39 is 0 Å². The average Bonchev–Trinajstić information content (AvgIpc) is 2.30. The van der Waals surface area contributed by atoms with E-state index in [1.807, 2.05) is 0 Å². The van der Waals surface area contributed by atoms with Gasteiger partial charge < -0.3 is 5.32 Å². The maximum absolute atomic E-state index is 3.80. The lowest BCUT2D eigenvalue weighted by atomic mass is 9.72. The van der Waals surface area contributed by atoms with E-state index in [-0.39, 0.29) is 0 Å². The zero-order valence-electron chi connectivity index (χ0n) is 10.5. The summed E-state index contributed by atoms with van der Waals surface area (Å²) in [5.41, 5.74) is 0. The normalized spacial score (nSPS) is 42.8. The minimum atomic E-state index is 0.853. The van der Waals surface area contributed by atoms with Crippen molar-refractivity contribution in [2.24, 2.45) is 17.8 Å². The van der Waals surface area contributed by atoms with Crippen molar-refractivity contribution in [1.29, 1.82) is 0 Å². The molecule has 4 atom stereocenters. The van der Waals surface area contributed by atoms with Gasteiger partial charge in [-0.15, -0.1) is 0 Å². The highest BCUT2D eigenvalue weighted by Crippen LogP contribution is 2.36. The minimum absolute atomic E-state index is 0.853. The maximum atomic E-state index is 3.80. The Bertz CT molecular complexity index is 182. The lowest BCUT2D eigenvalue weighted by Gasteiger charge is -2.40. The van der Waals surface area contributed by atoms with Crippen LogP contribution in [0.25, 0.3) is 0 Å². The predicted octanol–water partition coefficient (Wildman–Crippen LogP) is 3.59. The smallest absolute Gasteiger partial charge is 0.00981 e. The predicted molar refractivity (Wildman–Crippen MR) is 65.9 cm³/mol. The van der Waals surface area contributed by atoms with Gasteiger partial charge in [-0.3, -0.25) is 0 Å². The zero-order chi connectivity index (χ0) is 10.7. The van der Waals surface area contributed by atoms with Gasteiger partial charge in [0, 0.05) is 6.04 Å². The monoisotopic (exact) mass is 209 g/mol. The first-order valence-corrected chi connectivity index (χ1v) is 7.04. The Morgan fingerprint density at radius 1 is 1.07 bits per heavy atom. The van der Waals surface area contributed by atoms with Gasteiger partial charge in [-0.25, -0.2) is 0 Å². The molecule has 4 unspecified atom stereocenters. The van der Waals surface area contributed by atoms with Gasteiger partial charge >= 0.3 is 0 Å². The fourth-order valence-corrected chi connectivity index (χ4v) is 3.66. The number of hydrogen-bond acceptors (Lipinski definition) is 1. The lowest BCUT2D eigenvalue weighted by Crippen LogP contribution is -2.46. The van der Waals surface area contributed by atoms with Crippen LogP contribution in [0, 0.1) is 17.8 Å². The van der Waals surface area contributed by atoms with Crippen molar-refractivity contribution < 1.29 is 0 Å². The van der Waals surface area contributed by atoms with Crippen LogP contribution in [0.15, 0.2) is 0 Å². The number of piperidine rings is 1. The quantitative estimate of drug-likeness (QED) is 0.733. The number of hydrogen-bond donors (Lipinski definition) is 1. The molecule has 1 saturated heterocycles. The van der Waals surface area contributed by atoms with Gasteiger partial charge in [-0.05, 0) is 43.6 Å². The van der Waals surface area contributed by atoms with Gasteiger partial charge in [-0.1, -0.05) is 39.5 Å². The molecule has 0 aromatic heterocycles. The van der Waals surface area contributed by atoms with Crippen LogP contribution in [0.2, 0.25) is 0 Å². The molecule has 0 spiro atoms. The van der Waals surface area contributed by atoms with E-state index in [0.717, 1.165) is 23.8 Å². The highest BCUT2D eigenvalue weighted by Gasteiger charge is 2.32. The van der Waals surface area contributed by atoms with Gasteiger partial charge in [0.15, 0.2) is 0 Å². The van der Waals surface area contributed by atoms with Crippen LogP contribution >= 0.6 is 0 Å². The van der Waals surface area contributed by atoms with Crippen molar-refractivity contribution in [2.45, 2.75) is 64.8 Å². The lowest BCUT2D eigenvalue weighted by molar-refractivity contribution is 0.144. The molecular formula is C14H27N. The SMILES string of the molecule is CCC1CCCCC1C1CCC(C)CN1. The van der Waals surface area contributed by atoms with Crippen LogP contribution in [0.4, 0.5) is 0 Å². The van der Waals surface area contributed by atoms with Crippen molar-refractivity contribution >= 4 is 0 Å². The molecule has 15 heavy (non-hydrogen) atoms. The molecule has 1 heteroatoms. The molecular weight excluding hydrogens is 182 g/mol. The van der Waals surface area contributed by atoms with Gasteiger partial charge in [-0.2, -0.15) is 0 Å². The Labute approximate surface area is 95.0 Å². The molecule has 1 nitrogen and oxygen atoms in total. The van der Waals surface area contributed by atoms with Crippen molar-refractivity contribution in [3.05, 3.63) is 0 Å². The van der Waals surface area contributed by atoms with E-state index in [4.69, 9.17) is 0 Å². The molecule has 88 valence electrons. The van der Waals surface area contributed by atoms with E-state index in [2.05, 4.69) is 19.2 Å². The second kappa shape index (κ2) is 5.34. The summed E-state index contributed by atoms with van der Waals surface area (Å²) in [6, 6.07) is 0.853. The first-order valence-electron chi connectivity index (χ1n) is 7.04. The molecule has 2 aliphatic rings. The van der Waals surface area contributed by atoms with Gasteiger partial charge in [0.1, 0.15) is 0 Å². The van der Waals surface area contributed by atoms with E-state index in [1.54, 1.807) is 0 Å². The highest BCUT2D eigenvalue weighted by molar-refractivity contribution is 4.87. The second-order valence-corrected chi connectivity index (χ2v) is 5.81. The molecule has 1 saturated carbocycles. The Balaban J connectivity index is 1.90. The first kappa shape index (κ1) is 11.4. The third kappa shape index (κ3) is 2.75. The van der Waals surface area contributed by atoms with Gasteiger partial charge in [0.2, 0.25) is 0 Å². The molecule has 1 aliphatic heterocycles. The van der Waals surface area contributed by atoms with Crippen molar-refractivity contribution in [2.75, 3.05) is 6.54 Å². The second-order valence-electron chi connectivity index (χ2n) is 5.81. The van der Waals surface area contributed by atoms with Crippen LogP contribution in [0.1, 0.15) is 58.8 Å². The summed E-state index contributed by atoms with van der Waals surface area (Å²) in [7, 11) is 0. The summed E-state index contributed by atoms with van der Waals surface area (Å²) in [5, 5.41) is 3.80. The Hall–Kier alpha value is -0.0400. The van der Waals surface area contributed by atoms with Crippen LogP contribution in [-0.2, 0) is 0 Å². The largest absolute Gasteiger partial charge is 0.313 e. The summed E-state index contributed by atoms with van der Waals surface area (Å²) in [4.78, 5) is 0. The molecule has 0 bridgehead atoms. The Kier molecular flexibility index (Phi) is 4.07. The summed E-state index contributed by atoms with van der Waals surface area (Å²) < 4.78 is 0. The third-order valence-corrected chi connectivity index (χ3v) is 4.71. The highest BCUT2D eigenvalue weighted by atomic mass is 14.9. The zero-order valence-corrected chi connectivity index (χ0v) is 10.5. The summed E-state index contributed by atoms with van der Waals surface area (Å²) in [6.45, 7) is 6.02. The summed E-state index contributed by atoms with van der Waals surface area (Å²) in [5.74, 6) is 2.92. The molecule has 1 heterocycles. The molecule has 2 rings (SSSR count). The maximum Gasteiger partial charge on any atom is 0.00981 e. The molecule has 0 amide bonds. The Morgan fingerprint density at radius 2 is 1.87 bits per heavy atom. The first-order chi connectivity index (χ1) is 7.31. The fraction of sp³-hybridized carbons (Fsp3) is 1.00. The molecule has 2 fully saturated rings. The Morgan fingerprint density at radius 3 is 2.53 bits per heavy atom. The van der Waals surface area contributed by atoms with E-state index in [1.165, 1.54) is 51.5 Å². The van der Waals surface area contributed by atoms with Gasteiger partial charge in [0.25, 0.3) is 0 Å². The van der Waals surface area contributed by atoms with Crippen molar-refractivity contribution in [3.63, 3.8) is 0 Å². The number of rotatable bonds is 2. The van der Waals surface area contributed by atoms with Crippen LogP contribution < -0.4 is 5.32 Å². The van der Waals surface area contributed by atoms with Crippen molar-refractivity contribution in [3.8, 4) is 0 Å². The van der Waals surface area contributed by atoms with Gasteiger partial charge in [0.05, 0.1) is 0 Å². The van der Waals surface area contributed by atoms with Crippen LogP contribution in [0.3, 0.4) is 0 Å². The number of nitrogens with one attached hydrogen (secondary N) is 1. The topological polar surface area (TPSA) is 12.0 Å². The molecule has 0 aromatic carbocycles. The van der Waals surface area contributed by atoms with E-state index >= 15 is 0 Å². The fourth-order valence-electron chi connectivity index (χ4n) is 3.66. The molecule has 1 aliphatic carbocycles. The molecule has 0 aromatic rings. The van der Waals surface area contributed by atoms with E-state index in [0.29, 0.717) is 0 Å². The molecule has 1 N–H and O–H groups in total. The summed E-state index contributed by atoms with van der Waals surface area (Å²) in [6.07, 6.45) is 10.2. The van der Waals surface area contributed by atoms with Crippen LogP contribution in [0.5, 0.6) is 0 Å². The summed E-state index contributed by atoms with van der Waals surface area (Å²) >= 11 is 0. The van der Waals surface area contributed by atoms with Crippen LogP contribution in [-0.4, -0.2) is 12.6 Å². The van der Waals surface area contributed by atoms with Crippen molar-refractivity contribution in [1.82, 2.24) is 5.32 Å². The van der Waals surface area contributed by atoms with E-state index in [9.17, 15) is 0 Å². The minimum Gasteiger partial charge on any atom is -0.313 e. The standard InChI is InChI=1S/C14H27N/c1-3-12-6-4-5-7-13(12)14-9-8-11(2)10-15-14/h11-15H,3-10H2,1-2H3. The average molecular weight is 209 g/mol. The molecule has 0 radical (unpaired) electrons. The third-order valence-electron chi connectivity index (χ3n) is 4.71.